The highest BCUT2D eigenvalue weighted by molar-refractivity contribution is 6.29. The normalized spacial score (nSPS) is 12.3. The lowest BCUT2D eigenvalue weighted by molar-refractivity contribution is -0.274. The summed E-state index contributed by atoms with van der Waals surface area (Å²) in [5, 5.41) is 10.9. The van der Waals surface area contributed by atoms with Gasteiger partial charge >= 0.3 is 12.5 Å². The molecular weight excluding hydrogens is 822 g/mol. The Morgan fingerprint density at radius 3 is 1.30 bits per heavy atom. The summed E-state index contributed by atoms with van der Waals surface area (Å²) in [5.74, 6) is -0.726. The third kappa shape index (κ3) is 6.74. The van der Waals surface area contributed by atoms with Crippen LogP contribution in [-0.2, 0) is 6.18 Å². The predicted molar refractivity (Wildman–Crippen MR) is 245 cm³/mol. The first-order valence-corrected chi connectivity index (χ1v) is 20.5. The van der Waals surface area contributed by atoms with Crippen molar-refractivity contribution in [3.05, 3.63) is 199 Å². The van der Waals surface area contributed by atoms with Crippen LogP contribution >= 0.6 is 0 Å². The Hall–Kier alpha value is -7.71. The van der Waals surface area contributed by atoms with Gasteiger partial charge in [-0.25, -0.2) is 4.39 Å². The van der Waals surface area contributed by atoms with E-state index in [1.54, 1.807) is 18.2 Å². The molecule has 0 saturated carbocycles. The molecule has 0 fully saturated rings. The van der Waals surface area contributed by atoms with Crippen molar-refractivity contribution in [2.75, 3.05) is 0 Å². The molecule has 0 heterocycles. The number of alkyl halides is 6. The molecule has 0 bridgehead atoms. The standard InChI is InChI=1S/C56H31F7O/c57-39-21-26-42-37(27-39)31-50(46-12-6-4-10-44(42)46)54-48-24-17-34(32-13-19-38(20-14-32)55(58,59)60)28-51(48)53(49-30-36-7-1-2-8-41(36)43-9-3-5-11-45(43)49)47-25-18-35(29-52(47)54)33-15-22-40(23-16-33)64-56(61,62)63/h1-31H. The van der Waals surface area contributed by atoms with Crippen molar-refractivity contribution < 1.29 is 35.5 Å². The molecular formula is C56H31F7O. The van der Waals surface area contributed by atoms with Gasteiger partial charge in [0.05, 0.1) is 5.56 Å². The molecule has 11 rings (SSSR count). The highest BCUT2D eigenvalue weighted by Gasteiger charge is 2.32. The second kappa shape index (κ2) is 14.7. The zero-order valence-electron chi connectivity index (χ0n) is 33.5. The van der Waals surface area contributed by atoms with Crippen LogP contribution in [0.4, 0.5) is 30.7 Å². The molecule has 0 spiro atoms. The Kier molecular flexibility index (Phi) is 8.99. The van der Waals surface area contributed by atoms with Crippen molar-refractivity contribution >= 4 is 64.6 Å². The Balaban J connectivity index is 1.30. The topological polar surface area (TPSA) is 9.23 Å². The van der Waals surface area contributed by atoms with E-state index in [-0.39, 0.29) is 11.6 Å². The third-order valence-corrected chi connectivity index (χ3v) is 12.2. The molecule has 1 nitrogen and oxygen atoms in total. The van der Waals surface area contributed by atoms with E-state index < -0.39 is 18.1 Å². The molecule has 0 amide bonds. The van der Waals surface area contributed by atoms with E-state index in [0.717, 1.165) is 99.2 Å². The number of hydrogen-bond acceptors (Lipinski definition) is 1. The minimum Gasteiger partial charge on any atom is -0.406 e. The van der Waals surface area contributed by atoms with E-state index in [1.807, 2.05) is 91.0 Å². The molecule has 0 aliphatic rings. The maximum absolute atomic E-state index is 15.1. The summed E-state index contributed by atoms with van der Waals surface area (Å²) in [7, 11) is 0. The highest BCUT2D eigenvalue weighted by Crippen LogP contribution is 2.50. The summed E-state index contributed by atoms with van der Waals surface area (Å²) in [4.78, 5) is 0. The summed E-state index contributed by atoms with van der Waals surface area (Å²) in [6.07, 6.45) is -9.34. The van der Waals surface area contributed by atoms with Gasteiger partial charge in [-0.2, -0.15) is 13.2 Å². The van der Waals surface area contributed by atoms with Crippen LogP contribution in [0.5, 0.6) is 5.75 Å². The van der Waals surface area contributed by atoms with E-state index in [4.69, 9.17) is 0 Å². The first-order valence-electron chi connectivity index (χ1n) is 20.5. The van der Waals surface area contributed by atoms with Gasteiger partial charge in [-0.05, 0) is 170 Å². The average molecular weight is 853 g/mol. The van der Waals surface area contributed by atoms with Crippen molar-refractivity contribution in [3.63, 3.8) is 0 Å². The van der Waals surface area contributed by atoms with Crippen LogP contribution in [0.1, 0.15) is 5.56 Å². The van der Waals surface area contributed by atoms with Crippen LogP contribution < -0.4 is 4.74 Å². The summed E-state index contributed by atoms with van der Waals surface area (Å²) in [6, 6.07) is 56.1. The third-order valence-electron chi connectivity index (χ3n) is 12.2. The van der Waals surface area contributed by atoms with Gasteiger partial charge in [-0.1, -0.05) is 127 Å². The van der Waals surface area contributed by atoms with Gasteiger partial charge < -0.3 is 4.74 Å². The van der Waals surface area contributed by atoms with E-state index >= 15 is 4.39 Å². The van der Waals surface area contributed by atoms with Crippen LogP contribution in [0.2, 0.25) is 0 Å². The Morgan fingerprint density at radius 1 is 0.328 bits per heavy atom. The number of rotatable bonds is 5. The van der Waals surface area contributed by atoms with Crippen LogP contribution in [0.3, 0.4) is 0 Å². The van der Waals surface area contributed by atoms with Gasteiger partial charge in [0, 0.05) is 0 Å². The quantitative estimate of drug-likeness (QED) is 0.0952. The number of fused-ring (bicyclic) bond motifs is 8. The zero-order chi connectivity index (χ0) is 43.9. The minimum atomic E-state index is -4.85. The molecule has 0 radical (unpaired) electrons. The second-order valence-corrected chi connectivity index (χ2v) is 15.9. The molecule has 0 aromatic heterocycles. The van der Waals surface area contributed by atoms with Gasteiger partial charge in [-0.15, -0.1) is 13.2 Å². The molecule has 11 aromatic carbocycles. The molecule has 11 aromatic rings. The first-order chi connectivity index (χ1) is 30.9. The van der Waals surface area contributed by atoms with Gasteiger partial charge in [-0.3, -0.25) is 0 Å². The molecule has 310 valence electrons. The number of benzene rings is 11. The Morgan fingerprint density at radius 2 is 0.766 bits per heavy atom. The number of ether oxygens (including phenoxy) is 1. The fraction of sp³-hybridized carbons (Fsp3) is 0.0357. The molecule has 0 N–H and O–H groups in total. The maximum Gasteiger partial charge on any atom is 0.573 e. The van der Waals surface area contributed by atoms with E-state index in [2.05, 4.69) is 35.1 Å². The zero-order valence-corrected chi connectivity index (χ0v) is 33.5. The maximum atomic E-state index is 15.1. The van der Waals surface area contributed by atoms with Crippen molar-refractivity contribution in [1.82, 2.24) is 0 Å². The smallest absolute Gasteiger partial charge is 0.406 e. The average Bonchev–Trinajstić information content (AvgIpc) is 3.29. The van der Waals surface area contributed by atoms with Crippen molar-refractivity contribution in [1.29, 1.82) is 0 Å². The van der Waals surface area contributed by atoms with Crippen LogP contribution in [-0.4, -0.2) is 6.36 Å². The lowest BCUT2D eigenvalue weighted by atomic mass is 9.81. The fourth-order valence-corrected chi connectivity index (χ4v) is 9.42. The molecule has 0 aliphatic carbocycles. The van der Waals surface area contributed by atoms with E-state index in [1.165, 1.54) is 36.4 Å². The number of halogens is 7. The van der Waals surface area contributed by atoms with Gasteiger partial charge in [0.25, 0.3) is 0 Å². The molecule has 0 atom stereocenters. The highest BCUT2D eigenvalue weighted by atomic mass is 19.4. The van der Waals surface area contributed by atoms with E-state index in [0.29, 0.717) is 22.1 Å². The Labute approximate surface area is 361 Å². The molecule has 0 aliphatic heterocycles. The second-order valence-electron chi connectivity index (χ2n) is 15.9. The van der Waals surface area contributed by atoms with Gasteiger partial charge in [0.15, 0.2) is 0 Å². The summed E-state index contributed by atoms with van der Waals surface area (Å²) < 4.78 is 100.0. The summed E-state index contributed by atoms with van der Waals surface area (Å²) in [5.41, 5.74) is 5.44. The molecule has 0 saturated heterocycles. The van der Waals surface area contributed by atoms with Gasteiger partial charge in [0.2, 0.25) is 0 Å². The molecule has 64 heavy (non-hydrogen) atoms. The van der Waals surface area contributed by atoms with Crippen LogP contribution in [0, 0.1) is 5.82 Å². The fourth-order valence-electron chi connectivity index (χ4n) is 9.42. The largest absolute Gasteiger partial charge is 0.573 e. The Bertz CT molecular complexity index is 3660. The first kappa shape index (κ1) is 39.2. The lowest BCUT2D eigenvalue weighted by Crippen LogP contribution is -2.16. The van der Waals surface area contributed by atoms with Crippen LogP contribution in [0.25, 0.3) is 109 Å². The monoisotopic (exact) mass is 852 g/mol. The van der Waals surface area contributed by atoms with Crippen molar-refractivity contribution in [3.8, 4) is 50.3 Å². The number of hydrogen-bond donors (Lipinski definition) is 0. The van der Waals surface area contributed by atoms with Gasteiger partial charge in [0.1, 0.15) is 11.6 Å². The van der Waals surface area contributed by atoms with Crippen LogP contribution in [0.15, 0.2) is 188 Å². The predicted octanol–water partition coefficient (Wildman–Crippen LogP) is 17.3. The molecule has 8 heteroatoms. The van der Waals surface area contributed by atoms with Crippen molar-refractivity contribution in [2.24, 2.45) is 0 Å². The van der Waals surface area contributed by atoms with E-state index in [9.17, 15) is 26.3 Å². The molecule has 0 unspecified atom stereocenters. The lowest BCUT2D eigenvalue weighted by Gasteiger charge is -2.22. The van der Waals surface area contributed by atoms with Crippen molar-refractivity contribution in [2.45, 2.75) is 12.5 Å². The summed E-state index contributed by atoms with van der Waals surface area (Å²) in [6.45, 7) is 0. The SMILES string of the molecule is Fc1ccc2c(c1)cc(-c1c3ccc(-c4ccc(C(F)(F)F)cc4)cc3c(-c3cc4ccccc4c4ccccc34)c3ccc(-c4ccc(OC(F)(F)F)cc4)cc13)c1ccccc12. The minimum absolute atomic E-state index is 0.340. The summed E-state index contributed by atoms with van der Waals surface area (Å²) >= 11 is 0.